The monoisotopic (exact) mass is 448 g/mol. The molecule has 6 nitrogen and oxygen atoms in total. The second kappa shape index (κ2) is 5.46. The van der Waals surface area contributed by atoms with E-state index in [9.17, 15) is 35.9 Å². The Kier molecular flexibility index (Phi) is 4.75. The molecule has 0 aliphatic carbocycles. The van der Waals surface area contributed by atoms with Gasteiger partial charge in [0, 0.05) is 0 Å². The van der Waals surface area contributed by atoms with Crippen LogP contribution in [0.15, 0.2) is 6.38 Å². The normalized spacial score (nSPS) is 19.5. The number of carbonyl (C=O) groups is 2. The molecule has 15 heteroatoms. The van der Waals surface area contributed by atoms with Crippen LogP contribution in [0.4, 0.5) is 26.3 Å². The van der Waals surface area contributed by atoms with Crippen molar-refractivity contribution in [2.75, 3.05) is 0 Å². The molecular formula is C4F6N2O4S2Te. The van der Waals surface area contributed by atoms with Crippen molar-refractivity contribution in [3.63, 3.8) is 0 Å². The first-order chi connectivity index (χ1) is 8.46. The molecular weight excluding hydrogens is 446 g/mol. The maximum atomic E-state index is 11.9. The van der Waals surface area contributed by atoms with Crippen LogP contribution in [0.25, 0.3) is 0 Å². The summed E-state index contributed by atoms with van der Waals surface area (Å²) >= 11 is -5.18. The zero-order valence-electron chi connectivity index (χ0n) is 8.02. The number of carbonyl (C=O) groups excluding carboxylic acids is 2. The predicted molar refractivity (Wildman–Crippen MR) is 49.9 cm³/mol. The Morgan fingerprint density at radius 1 is 0.947 bits per heavy atom. The Labute approximate surface area is 111 Å². The average Bonchev–Trinajstić information content (AvgIpc) is 2.63. The van der Waals surface area contributed by atoms with Crippen LogP contribution in [-0.2, 0) is 27.1 Å². The molecule has 0 fully saturated rings. The van der Waals surface area contributed by atoms with Gasteiger partial charge in [-0.25, -0.2) is 0 Å². The van der Waals surface area contributed by atoms with Crippen molar-refractivity contribution in [1.82, 2.24) is 0 Å². The van der Waals surface area contributed by atoms with Crippen molar-refractivity contribution in [3.8, 4) is 0 Å². The van der Waals surface area contributed by atoms with Gasteiger partial charge in [-0.3, -0.25) is 0 Å². The van der Waals surface area contributed by atoms with Gasteiger partial charge < -0.3 is 0 Å². The average molecular weight is 446 g/mol. The van der Waals surface area contributed by atoms with Crippen LogP contribution >= 0.6 is 9.18 Å². The van der Waals surface area contributed by atoms with Gasteiger partial charge in [-0.05, 0) is 0 Å². The Morgan fingerprint density at radius 2 is 1.37 bits per heavy atom. The van der Waals surface area contributed by atoms with Gasteiger partial charge in [-0.1, -0.05) is 0 Å². The van der Waals surface area contributed by atoms with Gasteiger partial charge in [-0.2, -0.15) is 0 Å². The zero-order valence-corrected chi connectivity index (χ0v) is 12.0. The summed E-state index contributed by atoms with van der Waals surface area (Å²) < 4.78 is 85.5. The topological polar surface area (TPSA) is 77.3 Å². The van der Waals surface area contributed by atoms with Crippen molar-refractivity contribution in [1.29, 1.82) is 0 Å². The molecule has 0 aromatic heterocycles. The zero-order chi connectivity index (χ0) is 14.9. The number of hydrogen-bond acceptors (Lipinski definition) is 7. The number of nitrogens with zero attached hydrogens (tertiary/aromatic N) is 2. The number of halogens is 6. The molecule has 0 N–H and O–H groups in total. The maximum absolute atomic E-state index is 11.9. The van der Waals surface area contributed by atoms with Gasteiger partial charge in [0.15, 0.2) is 0 Å². The number of alkyl halides is 6. The molecule has 1 aliphatic heterocycles. The molecule has 0 aromatic carbocycles. The van der Waals surface area contributed by atoms with Gasteiger partial charge in [-0.15, -0.1) is 0 Å². The van der Waals surface area contributed by atoms with Crippen molar-refractivity contribution < 1.29 is 42.1 Å². The molecule has 19 heavy (non-hydrogen) atoms. The van der Waals surface area contributed by atoms with Crippen LogP contribution in [-0.4, -0.2) is 42.2 Å². The van der Waals surface area contributed by atoms with E-state index in [0.29, 0.717) is 0 Å². The summed E-state index contributed by atoms with van der Waals surface area (Å²) in [5, 5.41) is 0. The summed E-state index contributed by atoms with van der Waals surface area (Å²) in [6, 6.07) is 0. The van der Waals surface area contributed by atoms with E-state index in [1.165, 1.54) is 0 Å². The van der Waals surface area contributed by atoms with Crippen LogP contribution in [0.3, 0.4) is 0 Å². The molecule has 1 heterocycles. The molecule has 0 radical (unpaired) electrons. The van der Waals surface area contributed by atoms with E-state index >= 15 is 0 Å². The molecule has 0 aromatic rings. The molecule has 1 aliphatic rings. The van der Waals surface area contributed by atoms with Gasteiger partial charge in [0.05, 0.1) is 0 Å². The van der Waals surface area contributed by atoms with E-state index in [1.54, 1.807) is 0 Å². The Bertz CT molecular complexity index is 443. The molecule has 0 atom stereocenters. The molecule has 0 amide bonds. The Balaban J connectivity index is 2.86. The van der Waals surface area contributed by atoms with Crippen molar-refractivity contribution in [2.24, 2.45) is 6.38 Å². The van der Waals surface area contributed by atoms with E-state index in [0.717, 1.165) is 0 Å². The van der Waals surface area contributed by atoms with Crippen LogP contribution in [0.2, 0.25) is 0 Å². The molecule has 0 saturated carbocycles. The van der Waals surface area contributed by atoms with Crippen molar-refractivity contribution in [2.45, 2.75) is 12.4 Å². The van der Waals surface area contributed by atoms with E-state index in [-0.39, 0.29) is 20.5 Å². The second-order valence-corrected chi connectivity index (χ2v) is 12.3. The van der Waals surface area contributed by atoms with Crippen molar-refractivity contribution >= 4 is 50.4 Å². The standard InChI is InChI=1S/C4F6N2O4S2Te/c5-3(6,7)1(13)15-19(12-17-11-18-19)16-2(14)4(8,9)10. The third-order valence-corrected chi connectivity index (χ3v) is 11.6. The van der Waals surface area contributed by atoms with E-state index < -0.39 is 42.2 Å². The van der Waals surface area contributed by atoms with Gasteiger partial charge in [0.2, 0.25) is 0 Å². The van der Waals surface area contributed by atoms with Crippen LogP contribution in [0.1, 0.15) is 0 Å². The first-order valence-corrected chi connectivity index (χ1v) is 10.9. The molecule has 110 valence electrons. The summed E-state index contributed by atoms with van der Waals surface area (Å²) in [5.41, 5.74) is 0. The van der Waals surface area contributed by atoms with Crippen LogP contribution in [0.5, 0.6) is 0 Å². The van der Waals surface area contributed by atoms with Gasteiger partial charge >= 0.3 is 111 Å². The number of rotatable bonds is 2. The molecule has 0 saturated heterocycles. The van der Waals surface area contributed by atoms with E-state index in [2.05, 4.69) is 12.6 Å². The summed E-state index contributed by atoms with van der Waals surface area (Å²) in [5.74, 6) is -5.59. The molecule has 0 spiro atoms. The molecule has 0 unspecified atom stereocenters. The minimum absolute atomic E-state index is 0.00389. The third-order valence-electron chi connectivity index (χ3n) is 1.11. The Morgan fingerprint density at radius 3 is 1.63 bits per heavy atom. The fourth-order valence-electron chi connectivity index (χ4n) is 0.484. The summed E-state index contributed by atoms with van der Waals surface area (Å²) in [7, 11) is 0.00389. The van der Waals surface area contributed by atoms with E-state index in [4.69, 9.17) is 0 Å². The first kappa shape index (κ1) is 16.5. The SMILES string of the molecule is O=C(O[Te]1(OC(=O)C(F)(F)F)N=S=NS1)C(F)(F)F. The fourth-order valence-corrected chi connectivity index (χ4v) is 10.2. The summed E-state index contributed by atoms with van der Waals surface area (Å²) in [6.07, 6.45) is -10.9. The van der Waals surface area contributed by atoms with Crippen molar-refractivity contribution in [3.05, 3.63) is 0 Å². The third kappa shape index (κ3) is 4.51. The number of hydrogen-bond donors (Lipinski definition) is 0. The van der Waals surface area contributed by atoms with Crippen LogP contribution in [0, 0.1) is 0 Å². The fraction of sp³-hybridized carbons (Fsp3) is 0.500. The van der Waals surface area contributed by atoms with Gasteiger partial charge in [0.25, 0.3) is 0 Å². The van der Waals surface area contributed by atoms with E-state index in [1.807, 2.05) is 0 Å². The van der Waals surface area contributed by atoms with Gasteiger partial charge in [0.1, 0.15) is 0 Å². The minimum atomic E-state index is -5.45. The Hall–Kier alpha value is -0.520. The summed E-state index contributed by atoms with van der Waals surface area (Å²) in [4.78, 5) is 21.1. The molecule has 1 rings (SSSR count). The first-order valence-electron chi connectivity index (χ1n) is 3.68. The predicted octanol–water partition coefficient (Wildman–Crippen LogP) is 1.74. The quantitative estimate of drug-likeness (QED) is 0.368. The van der Waals surface area contributed by atoms with Crippen LogP contribution < -0.4 is 0 Å². The summed E-state index contributed by atoms with van der Waals surface area (Å²) in [6.45, 7) is 0. The molecule has 0 bridgehead atoms. The second-order valence-electron chi connectivity index (χ2n) is 2.47.